The van der Waals surface area contributed by atoms with Gasteiger partial charge in [-0.25, -0.2) is 4.98 Å². The van der Waals surface area contributed by atoms with Crippen LogP contribution in [0.1, 0.15) is 5.56 Å². The Labute approximate surface area is 134 Å². The van der Waals surface area contributed by atoms with Gasteiger partial charge in [-0.3, -0.25) is 4.79 Å². The smallest absolute Gasteiger partial charge is 0.312 e. The number of hydrogen-bond acceptors (Lipinski definition) is 6. The molecule has 0 bridgehead atoms. The number of carbonyl (C=O) groups is 1. The third kappa shape index (κ3) is 4.00. The molecule has 0 atom stereocenters. The van der Waals surface area contributed by atoms with E-state index in [2.05, 4.69) is 20.0 Å². The van der Waals surface area contributed by atoms with Crippen LogP contribution in [0.5, 0.6) is 0 Å². The summed E-state index contributed by atoms with van der Waals surface area (Å²) < 4.78 is 1.76. The molecule has 2 heterocycles. The monoisotopic (exact) mass is 335 g/mol. The molecule has 2 aromatic heterocycles. The molecule has 0 saturated carbocycles. The number of hydrogen-bond donors (Lipinski definition) is 0. The lowest BCUT2D eigenvalue weighted by Crippen LogP contribution is -2.20. The molecule has 7 nitrogen and oxygen atoms in total. The highest BCUT2D eigenvalue weighted by atomic mass is 35.5. The van der Waals surface area contributed by atoms with Crippen molar-refractivity contribution in [2.45, 2.75) is 6.54 Å². The first-order valence-electron chi connectivity index (χ1n) is 5.98. The van der Waals surface area contributed by atoms with Crippen LogP contribution in [0, 0.1) is 11.3 Å². The van der Waals surface area contributed by atoms with Crippen molar-refractivity contribution in [3.05, 3.63) is 45.4 Å². The van der Waals surface area contributed by atoms with E-state index < -0.39 is 11.6 Å². The summed E-state index contributed by atoms with van der Waals surface area (Å²) in [5.41, 5.74) is 0.498. The molecule has 2 aromatic rings. The van der Waals surface area contributed by atoms with Crippen LogP contribution >= 0.6 is 22.9 Å². The van der Waals surface area contributed by atoms with Crippen LogP contribution in [0.4, 0.5) is 0 Å². The minimum absolute atomic E-state index is 0.407. The summed E-state index contributed by atoms with van der Waals surface area (Å²) in [6.45, 7) is 0.475. The van der Waals surface area contributed by atoms with Crippen molar-refractivity contribution in [1.29, 1.82) is 5.26 Å². The molecular weight excluding hydrogens is 326 g/mol. The number of pyridine rings is 1. The maximum absolute atomic E-state index is 11.8. The van der Waals surface area contributed by atoms with E-state index in [9.17, 15) is 4.79 Å². The van der Waals surface area contributed by atoms with Gasteiger partial charge in [0.05, 0.1) is 6.54 Å². The van der Waals surface area contributed by atoms with Gasteiger partial charge in [0.2, 0.25) is 5.71 Å². The minimum atomic E-state index is -0.755. The first-order valence-corrected chi connectivity index (χ1v) is 7.24. The van der Waals surface area contributed by atoms with E-state index in [0.717, 1.165) is 5.56 Å². The average Bonchev–Trinajstić information content (AvgIpc) is 2.94. The van der Waals surface area contributed by atoms with Gasteiger partial charge in [0.15, 0.2) is 4.80 Å². The van der Waals surface area contributed by atoms with Crippen molar-refractivity contribution in [2.75, 3.05) is 7.11 Å². The van der Waals surface area contributed by atoms with E-state index in [4.69, 9.17) is 16.9 Å². The average molecular weight is 336 g/mol. The standard InChI is InChI=1S/C13H10ClN5O2S/c1-21-18-10(6-15)12(20)17-13-19(4-5-22-13)8-9-2-3-11(14)16-7-9/h2-5,7H,8H2,1H3/b17-13?,18-10+. The van der Waals surface area contributed by atoms with Gasteiger partial charge >= 0.3 is 5.91 Å². The number of thiazole rings is 1. The summed E-state index contributed by atoms with van der Waals surface area (Å²) in [7, 11) is 1.25. The van der Waals surface area contributed by atoms with Gasteiger partial charge in [-0.2, -0.15) is 10.3 Å². The Balaban J connectivity index is 2.27. The van der Waals surface area contributed by atoms with Crippen LogP contribution in [-0.4, -0.2) is 28.3 Å². The summed E-state index contributed by atoms with van der Waals surface area (Å²) in [4.78, 5) is 24.6. The van der Waals surface area contributed by atoms with Crippen molar-refractivity contribution >= 4 is 34.6 Å². The SMILES string of the molecule is CO/N=C(\C#N)C(=O)N=c1sccn1Cc1ccc(Cl)nc1. The lowest BCUT2D eigenvalue weighted by molar-refractivity contribution is -0.112. The van der Waals surface area contributed by atoms with Gasteiger partial charge in [0.1, 0.15) is 18.3 Å². The number of nitriles is 1. The molecule has 9 heteroatoms. The van der Waals surface area contributed by atoms with Gasteiger partial charge in [0, 0.05) is 17.8 Å². The van der Waals surface area contributed by atoms with Crippen molar-refractivity contribution in [3.8, 4) is 6.07 Å². The van der Waals surface area contributed by atoms with Crippen LogP contribution in [-0.2, 0) is 16.2 Å². The molecular formula is C13H10ClN5O2S. The van der Waals surface area contributed by atoms with E-state index in [1.54, 1.807) is 34.5 Å². The molecule has 22 heavy (non-hydrogen) atoms. The lowest BCUT2D eigenvalue weighted by atomic mass is 10.3. The predicted octanol–water partition coefficient (Wildman–Crippen LogP) is 1.60. The quantitative estimate of drug-likeness (QED) is 0.482. The second kappa shape index (κ2) is 7.49. The van der Waals surface area contributed by atoms with Crippen molar-refractivity contribution in [2.24, 2.45) is 10.1 Å². The topological polar surface area (TPSA) is 92.6 Å². The Morgan fingerprint density at radius 2 is 2.41 bits per heavy atom. The Hall–Kier alpha value is -2.50. The number of oxime groups is 1. The molecule has 2 rings (SSSR count). The summed E-state index contributed by atoms with van der Waals surface area (Å²) in [6, 6.07) is 5.16. The van der Waals surface area contributed by atoms with E-state index in [0.29, 0.717) is 16.5 Å². The molecule has 1 amide bonds. The zero-order valence-electron chi connectivity index (χ0n) is 11.4. The van der Waals surface area contributed by atoms with E-state index in [-0.39, 0.29) is 0 Å². The van der Waals surface area contributed by atoms with Crippen molar-refractivity contribution in [1.82, 2.24) is 9.55 Å². The fourth-order valence-corrected chi connectivity index (χ4v) is 2.38. The molecule has 0 fully saturated rings. The molecule has 0 radical (unpaired) electrons. The van der Waals surface area contributed by atoms with Crippen LogP contribution in [0.25, 0.3) is 0 Å². The third-order valence-corrected chi connectivity index (χ3v) is 3.51. The maximum atomic E-state index is 11.8. The number of amides is 1. The maximum Gasteiger partial charge on any atom is 0.312 e. The molecule has 0 spiro atoms. The fourth-order valence-electron chi connectivity index (χ4n) is 1.54. The Morgan fingerprint density at radius 3 is 3.05 bits per heavy atom. The highest BCUT2D eigenvalue weighted by Crippen LogP contribution is 2.06. The molecule has 0 saturated heterocycles. The first-order chi connectivity index (χ1) is 10.6. The lowest BCUT2D eigenvalue weighted by Gasteiger charge is -2.02. The number of nitrogens with zero attached hydrogens (tertiary/aromatic N) is 5. The highest BCUT2D eigenvalue weighted by molar-refractivity contribution is 7.07. The van der Waals surface area contributed by atoms with Crippen LogP contribution in [0.15, 0.2) is 40.1 Å². The Bertz CT molecular complexity index is 801. The number of carbonyl (C=O) groups excluding carboxylic acids is 1. The van der Waals surface area contributed by atoms with Crippen molar-refractivity contribution in [3.63, 3.8) is 0 Å². The molecule has 0 aliphatic carbocycles. The highest BCUT2D eigenvalue weighted by Gasteiger charge is 2.11. The fraction of sp³-hybridized carbons (Fsp3) is 0.154. The molecule has 0 N–H and O–H groups in total. The minimum Gasteiger partial charge on any atom is -0.398 e. The normalized spacial score (nSPS) is 12.0. The predicted molar refractivity (Wildman–Crippen MR) is 81.3 cm³/mol. The van der Waals surface area contributed by atoms with Crippen molar-refractivity contribution < 1.29 is 9.63 Å². The first kappa shape index (κ1) is 15.9. The third-order valence-electron chi connectivity index (χ3n) is 2.49. The summed E-state index contributed by atoms with van der Waals surface area (Å²) in [6.07, 6.45) is 3.43. The zero-order valence-corrected chi connectivity index (χ0v) is 13.0. The molecule has 0 aromatic carbocycles. The zero-order chi connectivity index (χ0) is 15.9. The molecule has 0 unspecified atom stereocenters. The van der Waals surface area contributed by atoms with Crippen LogP contribution in [0.3, 0.4) is 0 Å². The van der Waals surface area contributed by atoms with E-state index in [1.807, 2.05) is 6.07 Å². The van der Waals surface area contributed by atoms with Crippen LogP contribution < -0.4 is 4.80 Å². The number of halogens is 1. The summed E-state index contributed by atoms with van der Waals surface area (Å²) in [5.74, 6) is -0.755. The Kier molecular flexibility index (Phi) is 5.41. The van der Waals surface area contributed by atoms with Gasteiger partial charge in [-0.1, -0.05) is 22.8 Å². The summed E-state index contributed by atoms with van der Waals surface area (Å²) in [5, 5.41) is 14.3. The second-order valence-corrected chi connectivity index (χ2v) is 5.21. The second-order valence-electron chi connectivity index (χ2n) is 3.95. The molecule has 0 aliphatic heterocycles. The van der Waals surface area contributed by atoms with Gasteiger partial charge < -0.3 is 9.40 Å². The van der Waals surface area contributed by atoms with E-state index >= 15 is 0 Å². The van der Waals surface area contributed by atoms with Gasteiger partial charge in [0.25, 0.3) is 0 Å². The summed E-state index contributed by atoms with van der Waals surface area (Å²) >= 11 is 7.01. The molecule has 112 valence electrons. The van der Waals surface area contributed by atoms with E-state index in [1.165, 1.54) is 18.4 Å². The largest absolute Gasteiger partial charge is 0.398 e. The van der Waals surface area contributed by atoms with Gasteiger partial charge in [-0.05, 0) is 11.6 Å². The number of aromatic nitrogens is 2. The number of rotatable bonds is 4. The Morgan fingerprint density at radius 1 is 1.59 bits per heavy atom. The van der Waals surface area contributed by atoms with Crippen LogP contribution in [0.2, 0.25) is 5.15 Å². The molecule has 0 aliphatic rings. The van der Waals surface area contributed by atoms with Gasteiger partial charge in [-0.15, -0.1) is 11.3 Å².